The predicted octanol–water partition coefficient (Wildman–Crippen LogP) is 3.33. The van der Waals surface area contributed by atoms with Gasteiger partial charge in [0, 0.05) is 48.5 Å². The van der Waals surface area contributed by atoms with E-state index in [1.807, 2.05) is 36.0 Å². The molecule has 3 heterocycles. The summed E-state index contributed by atoms with van der Waals surface area (Å²) in [6, 6.07) is 9.11. The van der Waals surface area contributed by atoms with Crippen molar-refractivity contribution in [2.45, 2.75) is 6.54 Å². The Labute approximate surface area is 173 Å². The van der Waals surface area contributed by atoms with Crippen molar-refractivity contribution in [2.75, 3.05) is 49.8 Å². The molecule has 2 aliphatic heterocycles. The Hall–Kier alpha value is -1.96. The first-order valence-corrected chi connectivity index (χ1v) is 10.8. The summed E-state index contributed by atoms with van der Waals surface area (Å²) < 4.78 is 11.4. The molecular formula is C20H22ClN3O3S. The Morgan fingerprint density at radius 3 is 2.79 bits per heavy atom. The standard InChI is InChI=1S/C20H22ClN3O3S/c1-26-17-12-15(24-13-14-2-5-18(21)22-19(14)20(24)25)3-4-16(17)27-9-6-23-7-10-28-11-8-23/h2-5,12H,6-11,13H2,1H3. The molecule has 1 aromatic carbocycles. The number of pyridine rings is 1. The van der Waals surface area contributed by atoms with Crippen LogP contribution in [0, 0.1) is 0 Å². The fraction of sp³-hybridized carbons (Fsp3) is 0.400. The predicted molar refractivity (Wildman–Crippen MR) is 112 cm³/mol. The lowest BCUT2D eigenvalue weighted by molar-refractivity contribution is 0.0992. The van der Waals surface area contributed by atoms with E-state index in [9.17, 15) is 4.79 Å². The minimum absolute atomic E-state index is 0.156. The van der Waals surface area contributed by atoms with Gasteiger partial charge in [-0.3, -0.25) is 9.69 Å². The lowest BCUT2D eigenvalue weighted by atomic mass is 10.2. The van der Waals surface area contributed by atoms with Gasteiger partial charge in [0.2, 0.25) is 0 Å². The topological polar surface area (TPSA) is 54.9 Å². The van der Waals surface area contributed by atoms with Gasteiger partial charge < -0.3 is 14.4 Å². The Morgan fingerprint density at radius 1 is 1.18 bits per heavy atom. The van der Waals surface area contributed by atoms with Crippen molar-refractivity contribution >= 4 is 35.0 Å². The SMILES string of the molecule is COc1cc(N2Cc3ccc(Cl)nc3C2=O)ccc1OCCN1CCSCC1. The number of fused-ring (bicyclic) bond motifs is 1. The van der Waals surface area contributed by atoms with Gasteiger partial charge in [-0.05, 0) is 18.2 Å². The molecule has 0 radical (unpaired) electrons. The van der Waals surface area contributed by atoms with E-state index in [1.54, 1.807) is 18.1 Å². The molecule has 6 nitrogen and oxygen atoms in total. The van der Waals surface area contributed by atoms with Crippen molar-refractivity contribution in [2.24, 2.45) is 0 Å². The van der Waals surface area contributed by atoms with E-state index in [2.05, 4.69) is 9.88 Å². The molecule has 4 rings (SSSR count). The van der Waals surface area contributed by atoms with Gasteiger partial charge in [0.15, 0.2) is 11.5 Å². The second-order valence-corrected chi connectivity index (χ2v) is 8.28. The number of ether oxygens (including phenoxy) is 2. The molecule has 1 fully saturated rings. The van der Waals surface area contributed by atoms with E-state index >= 15 is 0 Å². The van der Waals surface area contributed by atoms with Crippen LogP contribution >= 0.6 is 23.4 Å². The van der Waals surface area contributed by atoms with E-state index < -0.39 is 0 Å². The first-order valence-electron chi connectivity index (χ1n) is 9.24. The molecule has 148 valence electrons. The molecule has 1 aromatic heterocycles. The van der Waals surface area contributed by atoms with Crippen LogP contribution in [0.5, 0.6) is 11.5 Å². The average Bonchev–Trinajstić information content (AvgIpc) is 3.05. The van der Waals surface area contributed by atoms with E-state index in [-0.39, 0.29) is 5.91 Å². The summed E-state index contributed by atoms with van der Waals surface area (Å²) >= 11 is 7.93. The fourth-order valence-electron chi connectivity index (χ4n) is 3.41. The van der Waals surface area contributed by atoms with Gasteiger partial charge in [0.1, 0.15) is 17.5 Å². The maximum atomic E-state index is 12.7. The van der Waals surface area contributed by atoms with Crippen LogP contribution in [0.3, 0.4) is 0 Å². The van der Waals surface area contributed by atoms with Gasteiger partial charge >= 0.3 is 0 Å². The second-order valence-electron chi connectivity index (χ2n) is 6.67. The van der Waals surface area contributed by atoms with Gasteiger partial charge in [0.05, 0.1) is 13.7 Å². The van der Waals surface area contributed by atoms with Crippen LogP contribution in [-0.4, -0.2) is 60.6 Å². The average molecular weight is 420 g/mol. The first-order chi connectivity index (χ1) is 13.7. The summed E-state index contributed by atoms with van der Waals surface area (Å²) in [6.45, 7) is 4.20. The van der Waals surface area contributed by atoms with Crippen molar-refractivity contribution in [3.8, 4) is 11.5 Å². The van der Waals surface area contributed by atoms with Crippen molar-refractivity contribution < 1.29 is 14.3 Å². The highest BCUT2D eigenvalue weighted by molar-refractivity contribution is 7.99. The molecule has 2 aliphatic rings. The first kappa shape index (κ1) is 19.4. The molecule has 28 heavy (non-hydrogen) atoms. The van der Waals surface area contributed by atoms with Crippen LogP contribution in [0.15, 0.2) is 30.3 Å². The summed E-state index contributed by atoms with van der Waals surface area (Å²) in [7, 11) is 1.61. The zero-order valence-electron chi connectivity index (χ0n) is 15.7. The third kappa shape index (κ3) is 4.06. The third-order valence-corrected chi connectivity index (χ3v) is 6.10. The number of benzene rings is 1. The number of carbonyl (C=O) groups excluding carboxylic acids is 1. The van der Waals surface area contributed by atoms with Crippen LogP contribution in [0.1, 0.15) is 16.1 Å². The Kier molecular flexibility index (Phi) is 5.94. The Morgan fingerprint density at radius 2 is 2.00 bits per heavy atom. The van der Waals surface area contributed by atoms with Crippen LogP contribution < -0.4 is 14.4 Å². The molecule has 2 aromatic rings. The molecule has 0 saturated carbocycles. The number of halogens is 1. The zero-order valence-corrected chi connectivity index (χ0v) is 17.3. The summed E-state index contributed by atoms with van der Waals surface area (Å²) in [6.07, 6.45) is 0. The molecule has 0 atom stereocenters. The number of anilines is 1. The van der Waals surface area contributed by atoms with Crippen LogP contribution in [0.4, 0.5) is 5.69 Å². The molecular weight excluding hydrogens is 398 g/mol. The van der Waals surface area contributed by atoms with E-state index in [0.717, 1.165) is 30.9 Å². The molecule has 0 bridgehead atoms. The monoisotopic (exact) mass is 419 g/mol. The normalized spacial score (nSPS) is 16.9. The van der Waals surface area contributed by atoms with Crippen molar-refractivity contribution in [1.29, 1.82) is 0 Å². The number of nitrogens with zero attached hydrogens (tertiary/aromatic N) is 3. The smallest absolute Gasteiger partial charge is 0.277 e. The van der Waals surface area contributed by atoms with E-state index in [1.165, 1.54) is 11.5 Å². The number of amides is 1. The molecule has 0 N–H and O–H groups in total. The molecule has 0 spiro atoms. The molecule has 1 saturated heterocycles. The fourth-order valence-corrected chi connectivity index (χ4v) is 4.53. The summed E-state index contributed by atoms with van der Waals surface area (Å²) in [5, 5.41) is 0.322. The minimum atomic E-state index is -0.156. The van der Waals surface area contributed by atoms with Gasteiger partial charge in [-0.25, -0.2) is 4.98 Å². The summed E-state index contributed by atoms with van der Waals surface area (Å²) in [5.74, 6) is 3.51. The molecule has 0 aliphatic carbocycles. The summed E-state index contributed by atoms with van der Waals surface area (Å²) in [5.41, 5.74) is 2.02. The molecule has 0 unspecified atom stereocenters. The summed E-state index contributed by atoms with van der Waals surface area (Å²) in [4.78, 5) is 21.0. The van der Waals surface area contributed by atoms with Crippen LogP contribution in [-0.2, 0) is 6.54 Å². The number of hydrogen-bond acceptors (Lipinski definition) is 6. The van der Waals surface area contributed by atoms with E-state index in [4.69, 9.17) is 21.1 Å². The quantitative estimate of drug-likeness (QED) is 0.669. The number of aromatic nitrogens is 1. The van der Waals surface area contributed by atoms with Gasteiger partial charge in [-0.1, -0.05) is 17.7 Å². The lowest BCUT2D eigenvalue weighted by Gasteiger charge is -2.26. The largest absolute Gasteiger partial charge is 0.493 e. The minimum Gasteiger partial charge on any atom is -0.493 e. The number of thioether (sulfide) groups is 1. The van der Waals surface area contributed by atoms with Gasteiger partial charge in [-0.2, -0.15) is 11.8 Å². The number of hydrogen-bond donors (Lipinski definition) is 0. The maximum absolute atomic E-state index is 12.7. The van der Waals surface area contributed by atoms with Crippen LogP contribution in [0.2, 0.25) is 5.15 Å². The van der Waals surface area contributed by atoms with Crippen molar-refractivity contribution in [3.63, 3.8) is 0 Å². The molecule has 8 heteroatoms. The lowest BCUT2D eigenvalue weighted by Crippen LogP contribution is -2.35. The highest BCUT2D eigenvalue weighted by Gasteiger charge is 2.30. The highest BCUT2D eigenvalue weighted by atomic mass is 35.5. The Bertz CT molecular complexity index is 874. The van der Waals surface area contributed by atoms with Gasteiger partial charge in [-0.15, -0.1) is 0 Å². The zero-order chi connectivity index (χ0) is 19.5. The number of rotatable bonds is 6. The van der Waals surface area contributed by atoms with Crippen molar-refractivity contribution in [1.82, 2.24) is 9.88 Å². The Balaban J connectivity index is 1.44. The number of carbonyl (C=O) groups is 1. The van der Waals surface area contributed by atoms with Crippen molar-refractivity contribution in [3.05, 3.63) is 46.7 Å². The third-order valence-electron chi connectivity index (χ3n) is 4.95. The highest BCUT2D eigenvalue weighted by Crippen LogP contribution is 2.35. The maximum Gasteiger partial charge on any atom is 0.277 e. The van der Waals surface area contributed by atoms with E-state index in [0.29, 0.717) is 35.5 Å². The van der Waals surface area contributed by atoms with Crippen LogP contribution in [0.25, 0.3) is 0 Å². The number of methoxy groups -OCH3 is 1. The van der Waals surface area contributed by atoms with Gasteiger partial charge in [0.25, 0.3) is 5.91 Å². The second kappa shape index (κ2) is 8.59. The molecule has 1 amide bonds.